The maximum Gasteiger partial charge on any atom is 0.400 e. The van der Waals surface area contributed by atoms with Crippen molar-refractivity contribution in [3.05, 3.63) is 51.5 Å². The SMILES string of the molecule is O=C(O)c1ccc2nc(Oc3ccc(Cl)cc3Br)oc2c1. The van der Waals surface area contributed by atoms with E-state index in [0.29, 0.717) is 26.3 Å². The number of oxazole rings is 1. The summed E-state index contributed by atoms with van der Waals surface area (Å²) in [5.41, 5.74) is 0.980. The highest BCUT2D eigenvalue weighted by atomic mass is 79.9. The Morgan fingerprint density at radius 2 is 2.10 bits per heavy atom. The summed E-state index contributed by atoms with van der Waals surface area (Å²) in [6.07, 6.45) is 0.0237. The molecule has 1 N–H and O–H groups in total. The van der Waals surface area contributed by atoms with Gasteiger partial charge in [-0.25, -0.2) is 4.79 Å². The molecule has 0 radical (unpaired) electrons. The Bertz CT molecular complexity index is 846. The van der Waals surface area contributed by atoms with Gasteiger partial charge in [-0.2, -0.15) is 4.98 Å². The Morgan fingerprint density at radius 1 is 1.29 bits per heavy atom. The van der Waals surface area contributed by atoms with E-state index in [-0.39, 0.29) is 11.6 Å². The molecule has 7 heteroatoms. The van der Waals surface area contributed by atoms with E-state index in [1.165, 1.54) is 12.1 Å². The molecule has 3 rings (SSSR count). The molecule has 0 unspecified atom stereocenters. The van der Waals surface area contributed by atoms with Gasteiger partial charge in [-0.3, -0.25) is 0 Å². The molecule has 106 valence electrons. The number of benzene rings is 2. The molecular formula is C14H7BrClNO4. The van der Waals surface area contributed by atoms with Crippen molar-refractivity contribution in [1.29, 1.82) is 0 Å². The first kappa shape index (κ1) is 13.9. The number of aromatic carboxylic acids is 1. The fourth-order valence-electron chi connectivity index (χ4n) is 1.73. The Labute approximate surface area is 132 Å². The molecule has 0 aliphatic heterocycles. The zero-order valence-corrected chi connectivity index (χ0v) is 12.7. The molecule has 3 aromatic rings. The van der Waals surface area contributed by atoms with Crippen LogP contribution >= 0.6 is 27.5 Å². The van der Waals surface area contributed by atoms with Crippen LogP contribution in [0.3, 0.4) is 0 Å². The van der Waals surface area contributed by atoms with Crippen LogP contribution < -0.4 is 4.74 Å². The predicted octanol–water partition coefficient (Wildman–Crippen LogP) is 4.73. The molecule has 2 aromatic carbocycles. The summed E-state index contributed by atoms with van der Waals surface area (Å²) < 4.78 is 11.6. The van der Waals surface area contributed by atoms with Gasteiger partial charge in [-0.05, 0) is 52.3 Å². The fraction of sp³-hybridized carbons (Fsp3) is 0. The summed E-state index contributed by atoms with van der Waals surface area (Å²) in [5.74, 6) is -0.541. The topological polar surface area (TPSA) is 72.6 Å². The van der Waals surface area contributed by atoms with Crippen molar-refractivity contribution >= 4 is 44.6 Å². The standard InChI is InChI=1S/C14H7BrClNO4/c15-9-6-8(16)2-4-11(9)20-14-17-10-3-1-7(13(18)19)5-12(10)21-14/h1-6H,(H,18,19). The molecule has 0 saturated heterocycles. The molecule has 0 amide bonds. The van der Waals surface area contributed by atoms with E-state index in [9.17, 15) is 4.79 Å². The van der Waals surface area contributed by atoms with Crippen LogP contribution in [0.1, 0.15) is 10.4 Å². The highest BCUT2D eigenvalue weighted by Crippen LogP contribution is 2.32. The highest BCUT2D eigenvalue weighted by Gasteiger charge is 2.12. The van der Waals surface area contributed by atoms with Crippen molar-refractivity contribution in [3.8, 4) is 11.8 Å². The number of ether oxygens (including phenoxy) is 1. The van der Waals surface area contributed by atoms with Gasteiger partial charge in [0.2, 0.25) is 0 Å². The molecule has 0 bridgehead atoms. The number of fused-ring (bicyclic) bond motifs is 1. The summed E-state index contributed by atoms with van der Waals surface area (Å²) in [4.78, 5) is 15.0. The summed E-state index contributed by atoms with van der Waals surface area (Å²) >= 11 is 9.17. The van der Waals surface area contributed by atoms with E-state index < -0.39 is 5.97 Å². The van der Waals surface area contributed by atoms with Gasteiger partial charge in [0.15, 0.2) is 5.58 Å². The summed E-state index contributed by atoms with van der Waals surface area (Å²) in [5, 5.41) is 9.50. The van der Waals surface area contributed by atoms with Gasteiger partial charge in [-0.15, -0.1) is 0 Å². The third kappa shape index (κ3) is 2.86. The number of carboxylic acid groups (broad SMARTS) is 1. The van der Waals surface area contributed by atoms with Crippen LogP contribution in [0.2, 0.25) is 5.02 Å². The monoisotopic (exact) mass is 367 g/mol. The number of aromatic nitrogens is 1. The normalized spacial score (nSPS) is 10.8. The van der Waals surface area contributed by atoms with Crippen molar-refractivity contribution in [3.63, 3.8) is 0 Å². The molecule has 5 nitrogen and oxygen atoms in total. The molecule has 0 aliphatic carbocycles. The maximum absolute atomic E-state index is 10.9. The molecule has 0 spiro atoms. The van der Waals surface area contributed by atoms with Gasteiger partial charge in [0.05, 0.1) is 10.0 Å². The van der Waals surface area contributed by atoms with Crippen LogP contribution in [0.15, 0.2) is 45.3 Å². The van der Waals surface area contributed by atoms with E-state index in [4.69, 9.17) is 25.9 Å². The lowest BCUT2D eigenvalue weighted by atomic mass is 10.2. The second-order valence-electron chi connectivity index (χ2n) is 4.14. The lowest BCUT2D eigenvalue weighted by Gasteiger charge is -2.03. The summed E-state index contributed by atoms with van der Waals surface area (Å²) in [7, 11) is 0. The average Bonchev–Trinajstić information content (AvgIpc) is 2.83. The van der Waals surface area contributed by atoms with Crippen molar-refractivity contribution < 1.29 is 19.1 Å². The van der Waals surface area contributed by atoms with Crippen molar-refractivity contribution in [2.75, 3.05) is 0 Å². The fourth-order valence-corrected chi connectivity index (χ4v) is 2.50. The number of carboxylic acids is 1. The van der Waals surface area contributed by atoms with Crippen LogP contribution in [0, 0.1) is 0 Å². The third-order valence-electron chi connectivity index (χ3n) is 2.71. The number of hydrogen-bond acceptors (Lipinski definition) is 4. The van der Waals surface area contributed by atoms with Crippen LogP contribution in [-0.2, 0) is 0 Å². The second-order valence-corrected chi connectivity index (χ2v) is 5.44. The number of rotatable bonds is 3. The average molecular weight is 369 g/mol. The maximum atomic E-state index is 10.9. The van der Waals surface area contributed by atoms with E-state index in [2.05, 4.69) is 20.9 Å². The minimum atomic E-state index is -1.03. The van der Waals surface area contributed by atoms with Crippen molar-refractivity contribution in [2.24, 2.45) is 0 Å². The van der Waals surface area contributed by atoms with Crippen LogP contribution in [0.5, 0.6) is 11.8 Å². The molecule has 1 aromatic heterocycles. The number of nitrogens with zero attached hydrogens (tertiary/aromatic N) is 1. The van der Waals surface area contributed by atoms with Gasteiger partial charge in [0.25, 0.3) is 0 Å². The van der Waals surface area contributed by atoms with Gasteiger partial charge in [0.1, 0.15) is 11.3 Å². The van der Waals surface area contributed by atoms with Gasteiger partial charge >= 0.3 is 12.0 Å². The van der Waals surface area contributed by atoms with E-state index in [1.54, 1.807) is 24.3 Å². The minimum Gasteiger partial charge on any atom is -0.478 e. The Kier molecular flexibility index (Phi) is 3.57. The minimum absolute atomic E-state index is 0.0237. The van der Waals surface area contributed by atoms with E-state index in [1.807, 2.05) is 0 Å². The molecule has 0 atom stereocenters. The zero-order valence-electron chi connectivity index (χ0n) is 10.3. The summed E-state index contributed by atoms with van der Waals surface area (Å²) in [6, 6.07) is 9.44. The van der Waals surface area contributed by atoms with Gasteiger partial charge in [0, 0.05) is 5.02 Å². The van der Waals surface area contributed by atoms with Crippen LogP contribution in [-0.4, -0.2) is 16.1 Å². The second kappa shape index (κ2) is 5.38. The highest BCUT2D eigenvalue weighted by molar-refractivity contribution is 9.10. The van der Waals surface area contributed by atoms with Crippen LogP contribution in [0.25, 0.3) is 11.1 Å². The first-order valence-corrected chi connectivity index (χ1v) is 6.97. The Hall–Kier alpha value is -2.05. The molecule has 0 aliphatic rings. The quantitative estimate of drug-likeness (QED) is 0.723. The number of hydrogen-bond donors (Lipinski definition) is 1. The molecular weight excluding hydrogens is 362 g/mol. The lowest BCUT2D eigenvalue weighted by Crippen LogP contribution is -1.94. The van der Waals surface area contributed by atoms with Gasteiger partial charge < -0.3 is 14.3 Å². The molecule has 0 fully saturated rings. The predicted molar refractivity (Wildman–Crippen MR) is 80.2 cm³/mol. The van der Waals surface area contributed by atoms with Crippen molar-refractivity contribution in [2.45, 2.75) is 0 Å². The van der Waals surface area contributed by atoms with Crippen LogP contribution in [0.4, 0.5) is 0 Å². The third-order valence-corrected chi connectivity index (χ3v) is 3.56. The number of carbonyl (C=O) groups is 1. The van der Waals surface area contributed by atoms with E-state index >= 15 is 0 Å². The Balaban J connectivity index is 1.95. The molecule has 21 heavy (non-hydrogen) atoms. The first-order chi connectivity index (χ1) is 10.0. The first-order valence-electron chi connectivity index (χ1n) is 5.80. The van der Waals surface area contributed by atoms with Gasteiger partial charge in [-0.1, -0.05) is 11.6 Å². The smallest absolute Gasteiger partial charge is 0.400 e. The number of halogens is 2. The zero-order chi connectivity index (χ0) is 15.0. The molecule has 1 heterocycles. The summed E-state index contributed by atoms with van der Waals surface area (Å²) in [6.45, 7) is 0. The Morgan fingerprint density at radius 3 is 2.81 bits per heavy atom. The lowest BCUT2D eigenvalue weighted by molar-refractivity contribution is 0.0697. The molecule has 0 saturated carbocycles. The largest absolute Gasteiger partial charge is 0.478 e. The van der Waals surface area contributed by atoms with Crippen molar-refractivity contribution in [1.82, 2.24) is 4.98 Å². The van der Waals surface area contributed by atoms with E-state index in [0.717, 1.165) is 0 Å².